The third-order valence-electron chi connectivity index (χ3n) is 1.71. The fraction of sp³-hybridized carbons (Fsp3) is 0.111. The highest BCUT2D eigenvalue weighted by Crippen LogP contribution is 2.16. The van der Waals surface area contributed by atoms with Crippen LogP contribution in [-0.2, 0) is 0 Å². The van der Waals surface area contributed by atoms with E-state index in [1.54, 1.807) is 12.4 Å². The summed E-state index contributed by atoms with van der Waals surface area (Å²) in [5, 5.41) is 2.63. The van der Waals surface area contributed by atoms with Gasteiger partial charge in [0.1, 0.15) is 5.15 Å². The van der Waals surface area contributed by atoms with Crippen LogP contribution in [0.4, 0.5) is 0 Å². The van der Waals surface area contributed by atoms with E-state index in [9.17, 15) is 0 Å². The van der Waals surface area contributed by atoms with Gasteiger partial charge in [0, 0.05) is 23.5 Å². The molecule has 0 saturated carbocycles. The molecule has 0 aliphatic heterocycles. The first-order valence-electron chi connectivity index (χ1n) is 3.63. The Balaban J connectivity index is 2.80. The molecule has 0 saturated heterocycles. The highest BCUT2D eigenvalue weighted by Gasteiger charge is 1.95. The van der Waals surface area contributed by atoms with Crippen molar-refractivity contribution in [3.05, 3.63) is 35.4 Å². The van der Waals surface area contributed by atoms with Crippen LogP contribution in [0, 0.1) is 6.92 Å². The van der Waals surface area contributed by atoms with Gasteiger partial charge in [0.05, 0.1) is 0 Å². The van der Waals surface area contributed by atoms with E-state index in [-0.39, 0.29) is 0 Å². The molecule has 0 aliphatic carbocycles. The Bertz CT molecular complexity index is 389. The molecular formula is C9H7ClN2. The summed E-state index contributed by atoms with van der Waals surface area (Å²) < 4.78 is 0. The van der Waals surface area contributed by atoms with Gasteiger partial charge in [-0.3, -0.25) is 4.98 Å². The fourth-order valence-corrected chi connectivity index (χ4v) is 1.29. The Morgan fingerprint density at radius 1 is 1.08 bits per heavy atom. The summed E-state index contributed by atoms with van der Waals surface area (Å²) >= 11 is 5.74. The molecule has 12 heavy (non-hydrogen) atoms. The summed E-state index contributed by atoms with van der Waals surface area (Å²) in [6, 6.07) is 3.83. The lowest BCUT2D eigenvalue weighted by molar-refractivity contribution is 1.22. The van der Waals surface area contributed by atoms with Crippen molar-refractivity contribution in [3.63, 3.8) is 0 Å². The maximum Gasteiger partial charge on any atom is 0.129 e. The van der Waals surface area contributed by atoms with Crippen LogP contribution in [0.2, 0.25) is 5.15 Å². The minimum absolute atomic E-state index is 0.521. The van der Waals surface area contributed by atoms with Crippen molar-refractivity contribution in [2.75, 3.05) is 0 Å². The number of hydrogen-bond acceptors (Lipinski definition) is 2. The molecule has 0 amide bonds. The predicted molar refractivity (Wildman–Crippen MR) is 49.3 cm³/mol. The number of aryl methyl sites for hydroxylation is 1. The Hall–Kier alpha value is -1.15. The monoisotopic (exact) mass is 178 g/mol. The van der Waals surface area contributed by atoms with Crippen LogP contribution < -0.4 is 0 Å². The van der Waals surface area contributed by atoms with Gasteiger partial charge in [-0.05, 0) is 24.4 Å². The number of hydrogen-bond donors (Lipinski definition) is 0. The van der Waals surface area contributed by atoms with Crippen molar-refractivity contribution in [2.24, 2.45) is 0 Å². The number of pyridine rings is 2. The second-order valence-electron chi connectivity index (χ2n) is 2.68. The molecule has 2 nitrogen and oxygen atoms in total. The zero-order valence-corrected chi connectivity index (χ0v) is 7.34. The molecule has 3 heteroatoms. The lowest BCUT2D eigenvalue weighted by Gasteiger charge is -1.97. The standard InChI is InChI=1S/C9H7ClN2/c1-6-2-7-3-9(10)12-5-8(7)4-11-6/h2-5H,1H3. The molecule has 0 aliphatic rings. The van der Waals surface area contributed by atoms with Gasteiger partial charge in [-0.1, -0.05) is 11.6 Å². The van der Waals surface area contributed by atoms with E-state index < -0.39 is 0 Å². The normalized spacial score (nSPS) is 10.5. The molecule has 0 fully saturated rings. The Morgan fingerprint density at radius 3 is 2.67 bits per heavy atom. The zero-order chi connectivity index (χ0) is 8.55. The molecule has 0 spiro atoms. The molecule has 0 atom stereocenters. The number of rotatable bonds is 0. The van der Waals surface area contributed by atoms with E-state index >= 15 is 0 Å². The Labute approximate surface area is 75.2 Å². The highest BCUT2D eigenvalue weighted by atomic mass is 35.5. The van der Waals surface area contributed by atoms with Crippen molar-refractivity contribution in [1.82, 2.24) is 9.97 Å². The van der Waals surface area contributed by atoms with Crippen molar-refractivity contribution in [1.29, 1.82) is 0 Å². The van der Waals surface area contributed by atoms with Gasteiger partial charge >= 0.3 is 0 Å². The third-order valence-corrected chi connectivity index (χ3v) is 1.91. The number of fused-ring (bicyclic) bond motifs is 1. The van der Waals surface area contributed by atoms with Crippen LogP contribution >= 0.6 is 11.6 Å². The maximum atomic E-state index is 5.74. The first-order valence-corrected chi connectivity index (χ1v) is 4.01. The molecule has 0 N–H and O–H groups in total. The fourth-order valence-electron chi connectivity index (χ4n) is 1.12. The third kappa shape index (κ3) is 1.25. The van der Waals surface area contributed by atoms with Gasteiger partial charge in [0.2, 0.25) is 0 Å². The van der Waals surface area contributed by atoms with E-state index in [2.05, 4.69) is 9.97 Å². The van der Waals surface area contributed by atoms with Crippen LogP contribution in [0.1, 0.15) is 5.69 Å². The van der Waals surface area contributed by atoms with Gasteiger partial charge in [0.25, 0.3) is 0 Å². The lowest BCUT2D eigenvalue weighted by Crippen LogP contribution is -1.82. The van der Waals surface area contributed by atoms with Crippen molar-refractivity contribution in [2.45, 2.75) is 6.92 Å². The van der Waals surface area contributed by atoms with E-state index in [1.807, 2.05) is 19.1 Å². The van der Waals surface area contributed by atoms with Gasteiger partial charge in [-0.2, -0.15) is 0 Å². The average molecular weight is 179 g/mol. The van der Waals surface area contributed by atoms with Crippen molar-refractivity contribution < 1.29 is 0 Å². The summed E-state index contributed by atoms with van der Waals surface area (Å²) in [6.45, 7) is 1.95. The van der Waals surface area contributed by atoms with E-state index in [0.29, 0.717) is 5.15 Å². The molecule has 0 bridgehead atoms. The van der Waals surface area contributed by atoms with Gasteiger partial charge < -0.3 is 0 Å². The summed E-state index contributed by atoms with van der Waals surface area (Å²) in [6.07, 6.45) is 3.53. The van der Waals surface area contributed by atoms with Gasteiger partial charge in [-0.25, -0.2) is 4.98 Å². The molecule has 2 heterocycles. The van der Waals surface area contributed by atoms with E-state index in [4.69, 9.17) is 11.6 Å². The molecule has 2 aromatic rings. The minimum atomic E-state index is 0.521. The van der Waals surface area contributed by atoms with Crippen molar-refractivity contribution in [3.8, 4) is 0 Å². The molecule has 2 aromatic heterocycles. The smallest absolute Gasteiger partial charge is 0.129 e. The zero-order valence-electron chi connectivity index (χ0n) is 6.58. The SMILES string of the molecule is Cc1cc2cc(Cl)ncc2cn1. The van der Waals surface area contributed by atoms with Gasteiger partial charge in [0.15, 0.2) is 0 Å². The summed E-state index contributed by atoms with van der Waals surface area (Å²) in [4.78, 5) is 8.12. The first-order chi connectivity index (χ1) is 5.75. The minimum Gasteiger partial charge on any atom is -0.261 e. The van der Waals surface area contributed by atoms with Crippen LogP contribution in [0.5, 0.6) is 0 Å². The predicted octanol–water partition coefficient (Wildman–Crippen LogP) is 2.59. The van der Waals surface area contributed by atoms with Crippen molar-refractivity contribution >= 4 is 22.4 Å². The van der Waals surface area contributed by atoms with Crippen LogP contribution in [0.25, 0.3) is 10.8 Å². The quantitative estimate of drug-likeness (QED) is 0.580. The number of nitrogens with zero attached hydrogens (tertiary/aromatic N) is 2. The molecule has 0 unspecified atom stereocenters. The Kier molecular flexibility index (Phi) is 1.70. The van der Waals surface area contributed by atoms with Crippen LogP contribution in [0.3, 0.4) is 0 Å². The average Bonchev–Trinajstić information content (AvgIpc) is 2.03. The topological polar surface area (TPSA) is 25.8 Å². The van der Waals surface area contributed by atoms with E-state index in [1.165, 1.54) is 0 Å². The molecule has 60 valence electrons. The maximum absolute atomic E-state index is 5.74. The second-order valence-corrected chi connectivity index (χ2v) is 3.07. The lowest BCUT2D eigenvalue weighted by atomic mass is 10.2. The molecular weight excluding hydrogens is 172 g/mol. The Morgan fingerprint density at radius 2 is 1.83 bits per heavy atom. The molecule has 2 rings (SSSR count). The molecule has 0 radical (unpaired) electrons. The van der Waals surface area contributed by atoms with E-state index in [0.717, 1.165) is 16.5 Å². The highest BCUT2D eigenvalue weighted by molar-refractivity contribution is 6.30. The summed E-state index contributed by atoms with van der Waals surface area (Å²) in [7, 11) is 0. The number of aromatic nitrogens is 2. The summed E-state index contributed by atoms with van der Waals surface area (Å²) in [5.41, 5.74) is 0.991. The first kappa shape index (κ1) is 7.50. The molecule has 0 aromatic carbocycles. The van der Waals surface area contributed by atoms with Crippen LogP contribution in [-0.4, -0.2) is 9.97 Å². The largest absolute Gasteiger partial charge is 0.261 e. The number of halogens is 1. The second kappa shape index (κ2) is 2.72. The van der Waals surface area contributed by atoms with Gasteiger partial charge in [-0.15, -0.1) is 0 Å². The van der Waals surface area contributed by atoms with Crippen LogP contribution in [0.15, 0.2) is 24.5 Å². The summed E-state index contributed by atoms with van der Waals surface area (Å²) in [5.74, 6) is 0.